The van der Waals surface area contributed by atoms with Crippen molar-refractivity contribution in [2.24, 2.45) is 0 Å². The lowest BCUT2D eigenvalue weighted by Crippen LogP contribution is -2.39. The molecule has 5 rings (SSSR count). The molecule has 2 atom stereocenters. The third kappa shape index (κ3) is 5.65. The Morgan fingerprint density at radius 2 is 1.87 bits per heavy atom. The Morgan fingerprint density at radius 1 is 1.08 bits per heavy atom. The average Bonchev–Trinajstić information content (AvgIpc) is 3.46. The molecular formula is C32H33FN2O3. The first-order valence-electron chi connectivity index (χ1n) is 13.1. The smallest absolute Gasteiger partial charge is 0.263 e. The molecule has 0 unspecified atom stereocenters. The van der Waals surface area contributed by atoms with Gasteiger partial charge in [-0.25, -0.2) is 4.39 Å². The molecule has 1 aromatic heterocycles. The van der Waals surface area contributed by atoms with Crippen molar-refractivity contribution in [3.05, 3.63) is 125 Å². The maximum Gasteiger partial charge on any atom is 0.263 e. The molecule has 196 valence electrons. The van der Waals surface area contributed by atoms with E-state index < -0.39 is 6.10 Å². The Labute approximate surface area is 223 Å². The standard InChI is InChI=1S/C32H33FN2O3/c1-3-30(32(36)34(2)22-27-13-9-19-37-27)38-26-16-15-23-17-18-35(21-25-12-7-8-14-29(25)33)31(28(23)20-26)24-10-5-4-6-11-24/h4-16,19-20,30-31H,3,17-18,21-22H2,1-2H3/t30-,31+/m0/s1. The third-order valence-electron chi connectivity index (χ3n) is 7.17. The second-order valence-electron chi connectivity index (χ2n) is 9.77. The average molecular weight is 513 g/mol. The molecule has 1 aliphatic rings. The lowest BCUT2D eigenvalue weighted by Gasteiger charge is -2.38. The van der Waals surface area contributed by atoms with Crippen LogP contribution >= 0.6 is 0 Å². The first-order valence-corrected chi connectivity index (χ1v) is 13.1. The van der Waals surface area contributed by atoms with E-state index in [-0.39, 0.29) is 17.8 Å². The summed E-state index contributed by atoms with van der Waals surface area (Å²) in [5, 5.41) is 0. The van der Waals surface area contributed by atoms with E-state index in [1.165, 1.54) is 11.6 Å². The van der Waals surface area contributed by atoms with Crippen LogP contribution in [0.1, 0.15) is 47.4 Å². The van der Waals surface area contributed by atoms with Crippen molar-refractivity contribution in [2.45, 2.75) is 45.0 Å². The Hall–Kier alpha value is -3.90. The van der Waals surface area contributed by atoms with Gasteiger partial charge in [0.2, 0.25) is 0 Å². The lowest BCUT2D eigenvalue weighted by molar-refractivity contribution is -0.138. The van der Waals surface area contributed by atoms with Gasteiger partial charge in [0.1, 0.15) is 17.3 Å². The molecular weight excluding hydrogens is 479 g/mol. The monoisotopic (exact) mass is 512 g/mol. The van der Waals surface area contributed by atoms with Crippen LogP contribution in [0.2, 0.25) is 0 Å². The summed E-state index contributed by atoms with van der Waals surface area (Å²) in [7, 11) is 1.76. The highest BCUT2D eigenvalue weighted by Crippen LogP contribution is 2.38. The molecule has 0 spiro atoms. The van der Waals surface area contributed by atoms with Crippen LogP contribution in [0.4, 0.5) is 4.39 Å². The molecule has 1 amide bonds. The Morgan fingerprint density at radius 3 is 2.61 bits per heavy atom. The van der Waals surface area contributed by atoms with Gasteiger partial charge in [0.05, 0.1) is 18.8 Å². The molecule has 38 heavy (non-hydrogen) atoms. The van der Waals surface area contributed by atoms with Crippen molar-refractivity contribution < 1.29 is 18.3 Å². The van der Waals surface area contributed by atoms with Crippen LogP contribution in [0, 0.1) is 5.82 Å². The van der Waals surface area contributed by atoms with Crippen LogP contribution < -0.4 is 4.74 Å². The van der Waals surface area contributed by atoms with Crippen molar-refractivity contribution in [1.29, 1.82) is 0 Å². The second-order valence-corrected chi connectivity index (χ2v) is 9.77. The number of ether oxygens (including phenoxy) is 1. The second kappa shape index (κ2) is 11.7. The van der Waals surface area contributed by atoms with Gasteiger partial charge in [-0.2, -0.15) is 0 Å². The molecule has 0 bridgehead atoms. The van der Waals surface area contributed by atoms with Crippen LogP contribution in [-0.2, 0) is 24.3 Å². The number of amides is 1. The summed E-state index contributed by atoms with van der Waals surface area (Å²) in [6.45, 7) is 3.65. The van der Waals surface area contributed by atoms with Gasteiger partial charge in [0.15, 0.2) is 6.10 Å². The van der Waals surface area contributed by atoms with Crippen molar-refractivity contribution in [1.82, 2.24) is 9.80 Å². The van der Waals surface area contributed by atoms with Gasteiger partial charge in [-0.3, -0.25) is 9.69 Å². The fraction of sp³-hybridized carbons (Fsp3) is 0.281. The van der Waals surface area contributed by atoms with Crippen LogP contribution in [0.15, 0.2) is 95.6 Å². The number of halogens is 1. The Bertz CT molecular complexity index is 1360. The van der Waals surface area contributed by atoms with Gasteiger partial charge >= 0.3 is 0 Å². The summed E-state index contributed by atoms with van der Waals surface area (Å²) in [5.74, 6) is 1.10. The molecule has 0 N–H and O–H groups in total. The molecule has 3 aromatic carbocycles. The maximum absolute atomic E-state index is 14.6. The number of likely N-dealkylation sites (N-methyl/N-ethyl adjacent to an activating group) is 1. The molecule has 0 saturated heterocycles. The van der Waals surface area contributed by atoms with Gasteiger partial charge in [-0.05, 0) is 59.9 Å². The van der Waals surface area contributed by atoms with Crippen LogP contribution in [0.25, 0.3) is 0 Å². The number of benzene rings is 3. The molecule has 5 nitrogen and oxygen atoms in total. The summed E-state index contributed by atoms with van der Waals surface area (Å²) < 4.78 is 26.3. The zero-order valence-electron chi connectivity index (χ0n) is 21.8. The number of carbonyl (C=O) groups excluding carboxylic acids is 1. The lowest BCUT2D eigenvalue weighted by atomic mass is 9.87. The van der Waals surface area contributed by atoms with E-state index >= 15 is 0 Å². The van der Waals surface area contributed by atoms with Crippen molar-refractivity contribution in [3.8, 4) is 5.75 Å². The molecule has 4 aromatic rings. The first-order chi connectivity index (χ1) is 18.5. The maximum atomic E-state index is 14.6. The van der Waals surface area contributed by atoms with E-state index in [0.717, 1.165) is 29.9 Å². The molecule has 0 radical (unpaired) electrons. The Balaban J connectivity index is 1.42. The SMILES string of the molecule is CC[C@H](Oc1ccc2c(c1)[C@@H](c1ccccc1)N(Cc1ccccc1F)CC2)C(=O)N(C)Cc1ccco1. The number of hydrogen-bond acceptors (Lipinski definition) is 4. The first kappa shape index (κ1) is 25.7. The number of rotatable bonds is 9. The molecule has 6 heteroatoms. The summed E-state index contributed by atoms with van der Waals surface area (Å²) in [5.41, 5.74) is 4.19. The van der Waals surface area contributed by atoms with E-state index in [4.69, 9.17) is 9.15 Å². The van der Waals surface area contributed by atoms with Gasteiger partial charge in [0, 0.05) is 25.7 Å². The normalized spacial score (nSPS) is 16.0. The van der Waals surface area contributed by atoms with Gasteiger partial charge in [0.25, 0.3) is 5.91 Å². The van der Waals surface area contributed by atoms with Crippen molar-refractivity contribution in [2.75, 3.05) is 13.6 Å². The number of hydrogen-bond donors (Lipinski definition) is 0. The number of fused-ring (bicyclic) bond motifs is 1. The molecule has 0 fully saturated rings. The zero-order chi connectivity index (χ0) is 26.5. The fourth-order valence-electron chi connectivity index (χ4n) is 5.19. The molecule has 0 aliphatic carbocycles. The van der Waals surface area contributed by atoms with E-state index in [0.29, 0.717) is 30.8 Å². The van der Waals surface area contributed by atoms with E-state index in [1.807, 2.05) is 55.5 Å². The van der Waals surface area contributed by atoms with Gasteiger partial charge in [-0.15, -0.1) is 0 Å². The molecule has 0 saturated carbocycles. The van der Waals surface area contributed by atoms with Crippen LogP contribution in [-0.4, -0.2) is 35.4 Å². The van der Waals surface area contributed by atoms with Crippen molar-refractivity contribution in [3.63, 3.8) is 0 Å². The van der Waals surface area contributed by atoms with Crippen LogP contribution in [0.5, 0.6) is 5.75 Å². The topological polar surface area (TPSA) is 45.9 Å². The highest BCUT2D eigenvalue weighted by atomic mass is 19.1. The zero-order valence-corrected chi connectivity index (χ0v) is 21.8. The largest absolute Gasteiger partial charge is 0.481 e. The Kier molecular flexibility index (Phi) is 7.89. The highest BCUT2D eigenvalue weighted by molar-refractivity contribution is 5.81. The van der Waals surface area contributed by atoms with E-state index in [1.54, 1.807) is 24.3 Å². The van der Waals surface area contributed by atoms with Crippen molar-refractivity contribution >= 4 is 5.91 Å². The summed E-state index contributed by atoms with van der Waals surface area (Å²) in [6.07, 6.45) is 2.39. The van der Waals surface area contributed by atoms with E-state index in [2.05, 4.69) is 29.2 Å². The summed E-state index contributed by atoms with van der Waals surface area (Å²) in [4.78, 5) is 17.1. The van der Waals surface area contributed by atoms with Gasteiger partial charge < -0.3 is 14.1 Å². The van der Waals surface area contributed by atoms with Crippen LogP contribution in [0.3, 0.4) is 0 Å². The number of furan rings is 1. The minimum atomic E-state index is -0.610. The summed E-state index contributed by atoms with van der Waals surface area (Å²) >= 11 is 0. The highest BCUT2D eigenvalue weighted by Gasteiger charge is 2.30. The molecule has 1 aliphatic heterocycles. The predicted molar refractivity (Wildman–Crippen MR) is 145 cm³/mol. The quantitative estimate of drug-likeness (QED) is 0.261. The third-order valence-corrected chi connectivity index (χ3v) is 7.17. The van der Waals surface area contributed by atoms with E-state index in [9.17, 15) is 9.18 Å². The summed E-state index contributed by atoms with van der Waals surface area (Å²) in [6, 6.07) is 27.0. The minimum Gasteiger partial charge on any atom is -0.481 e. The molecule has 2 heterocycles. The minimum absolute atomic E-state index is 0.0551. The van der Waals surface area contributed by atoms with Gasteiger partial charge in [-0.1, -0.05) is 61.5 Å². The predicted octanol–water partition coefficient (Wildman–Crippen LogP) is 6.38. The number of carbonyl (C=O) groups is 1. The fourth-order valence-corrected chi connectivity index (χ4v) is 5.19. The number of nitrogens with zero attached hydrogens (tertiary/aromatic N) is 2.